The van der Waals surface area contributed by atoms with Crippen LogP contribution < -0.4 is 15.4 Å². The van der Waals surface area contributed by atoms with Gasteiger partial charge in [0, 0.05) is 23.5 Å². The molecule has 2 aromatic heterocycles. The molecule has 1 unspecified atom stereocenters. The standard InChI is InChI=1S/C21H24F3N5OS.ClH/c1-13(2)18-12-26-20-17(27-14-5-3-6-15(9-14)30-21(22,23)24)10-19(28-29(18)20)31-16-7-4-8-25-11-16;/h3,5-6,9-10,12-13,16,25,27H,4,7-8,11H2,1-2H3;1H. The molecule has 0 saturated carbocycles. The number of rotatable bonds is 6. The molecule has 174 valence electrons. The van der Waals surface area contributed by atoms with Crippen molar-refractivity contribution in [2.24, 2.45) is 0 Å². The maximum absolute atomic E-state index is 12.6. The van der Waals surface area contributed by atoms with Crippen molar-refractivity contribution < 1.29 is 17.9 Å². The smallest absolute Gasteiger partial charge is 0.406 e. The number of thioether (sulfide) groups is 1. The zero-order valence-electron chi connectivity index (χ0n) is 17.6. The molecule has 1 atom stereocenters. The second-order valence-corrected chi connectivity index (χ2v) is 9.08. The van der Waals surface area contributed by atoms with Gasteiger partial charge in [-0.25, -0.2) is 9.50 Å². The maximum atomic E-state index is 12.6. The van der Waals surface area contributed by atoms with Crippen LogP contribution in [0.3, 0.4) is 0 Å². The molecule has 0 spiro atoms. The molecule has 0 bridgehead atoms. The van der Waals surface area contributed by atoms with E-state index in [0.29, 0.717) is 22.3 Å². The summed E-state index contributed by atoms with van der Waals surface area (Å²) in [6.45, 7) is 6.10. The third-order valence-electron chi connectivity index (χ3n) is 4.95. The summed E-state index contributed by atoms with van der Waals surface area (Å²) >= 11 is 1.70. The van der Waals surface area contributed by atoms with Gasteiger partial charge in [-0.15, -0.1) is 25.6 Å². The van der Waals surface area contributed by atoms with E-state index in [-0.39, 0.29) is 24.1 Å². The summed E-state index contributed by atoms with van der Waals surface area (Å²) in [4.78, 5) is 4.51. The average Bonchev–Trinajstić information content (AvgIpc) is 3.12. The molecule has 1 aliphatic rings. The second-order valence-electron chi connectivity index (χ2n) is 7.76. The van der Waals surface area contributed by atoms with Crippen LogP contribution in [0.15, 0.2) is 41.6 Å². The van der Waals surface area contributed by atoms with Gasteiger partial charge < -0.3 is 15.4 Å². The Balaban J connectivity index is 0.00000289. The molecule has 32 heavy (non-hydrogen) atoms. The van der Waals surface area contributed by atoms with Gasteiger partial charge in [-0.3, -0.25) is 0 Å². The van der Waals surface area contributed by atoms with E-state index in [9.17, 15) is 13.2 Å². The fourth-order valence-corrected chi connectivity index (χ4v) is 4.67. The Morgan fingerprint density at radius 3 is 2.78 bits per heavy atom. The van der Waals surface area contributed by atoms with Crippen molar-refractivity contribution in [1.82, 2.24) is 19.9 Å². The van der Waals surface area contributed by atoms with Crippen molar-refractivity contribution in [3.8, 4) is 5.75 Å². The van der Waals surface area contributed by atoms with E-state index in [1.807, 2.05) is 10.6 Å². The van der Waals surface area contributed by atoms with Gasteiger partial charge >= 0.3 is 6.36 Å². The summed E-state index contributed by atoms with van der Waals surface area (Å²) in [6, 6.07) is 7.68. The van der Waals surface area contributed by atoms with Crippen LogP contribution in [0.2, 0.25) is 0 Å². The van der Waals surface area contributed by atoms with Gasteiger partial charge in [0.25, 0.3) is 0 Å². The molecular weight excluding hydrogens is 463 g/mol. The molecule has 1 saturated heterocycles. The number of ether oxygens (including phenoxy) is 1. The van der Waals surface area contributed by atoms with E-state index < -0.39 is 6.36 Å². The van der Waals surface area contributed by atoms with Crippen molar-refractivity contribution in [3.05, 3.63) is 42.2 Å². The number of aromatic nitrogens is 3. The Morgan fingerprint density at radius 2 is 2.09 bits per heavy atom. The molecule has 11 heteroatoms. The number of anilines is 2. The fourth-order valence-electron chi connectivity index (χ4n) is 3.52. The Kier molecular flexibility index (Phi) is 7.79. The summed E-state index contributed by atoms with van der Waals surface area (Å²) in [5.74, 6) is -0.0628. The average molecular weight is 488 g/mol. The Bertz CT molecular complexity index is 1050. The van der Waals surface area contributed by atoms with E-state index in [1.165, 1.54) is 18.2 Å². The molecule has 6 nitrogen and oxygen atoms in total. The number of imidazole rings is 1. The molecule has 0 radical (unpaired) electrons. The highest BCUT2D eigenvalue weighted by Crippen LogP contribution is 2.33. The summed E-state index contributed by atoms with van der Waals surface area (Å²) in [5, 5.41) is 12.7. The maximum Gasteiger partial charge on any atom is 0.573 e. The monoisotopic (exact) mass is 487 g/mol. The zero-order valence-corrected chi connectivity index (χ0v) is 19.3. The number of alkyl halides is 3. The number of halogens is 4. The summed E-state index contributed by atoms with van der Waals surface area (Å²) in [7, 11) is 0. The summed E-state index contributed by atoms with van der Waals surface area (Å²) in [5.41, 5.74) is 2.74. The van der Waals surface area contributed by atoms with Crippen molar-refractivity contribution >= 4 is 41.2 Å². The van der Waals surface area contributed by atoms with Gasteiger partial charge in [0.05, 0.1) is 17.6 Å². The zero-order chi connectivity index (χ0) is 22.0. The van der Waals surface area contributed by atoms with Crippen molar-refractivity contribution in [2.45, 2.75) is 49.2 Å². The number of benzene rings is 1. The molecule has 3 heterocycles. The van der Waals surface area contributed by atoms with Crippen LogP contribution in [0.1, 0.15) is 38.3 Å². The molecule has 1 aliphatic heterocycles. The number of hydrogen-bond acceptors (Lipinski definition) is 6. The predicted octanol–water partition coefficient (Wildman–Crippen LogP) is 5.76. The highest BCUT2D eigenvalue weighted by molar-refractivity contribution is 7.99. The minimum Gasteiger partial charge on any atom is -0.406 e. The molecule has 4 rings (SSSR count). The van der Waals surface area contributed by atoms with E-state index >= 15 is 0 Å². The Hall–Kier alpha value is -2.17. The van der Waals surface area contributed by atoms with E-state index in [1.54, 1.807) is 24.0 Å². The Morgan fingerprint density at radius 1 is 1.28 bits per heavy atom. The lowest BCUT2D eigenvalue weighted by molar-refractivity contribution is -0.274. The Labute approximate surface area is 194 Å². The van der Waals surface area contributed by atoms with Crippen molar-refractivity contribution in [2.75, 3.05) is 18.4 Å². The number of piperidine rings is 1. The fraction of sp³-hybridized carbons (Fsp3) is 0.429. The SMILES string of the molecule is CC(C)c1cnc2c(Nc3cccc(OC(F)(F)F)c3)cc(SC3CCCNC3)nn12.Cl. The van der Waals surface area contributed by atoms with Crippen LogP contribution in [0.5, 0.6) is 5.75 Å². The quantitative estimate of drug-likeness (QED) is 0.461. The first-order valence-electron chi connectivity index (χ1n) is 10.2. The van der Waals surface area contributed by atoms with Gasteiger partial charge in [-0.1, -0.05) is 31.7 Å². The minimum atomic E-state index is -4.74. The molecule has 1 fully saturated rings. The molecule has 0 aliphatic carbocycles. The second kappa shape index (κ2) is 10.2. The van der Waals surface area contributed by atoms with Crippen molar-refractivity contribution in [3.63, 3.8) is 0 Å². The largest absolute Gasteiger partial charge is 0.573 e. The van der Waals surface area contributed by atoms with Crippen LogP contribution in [-0.2, 0) is 0 Å². The normalized spacial score (nSPS) is 16.8. The van der Waals surface area contributed by atoms with Gasteiger partial charge in [0.1, 0.15) is 10.8 Å². The third kappa shape index (κ3) is 5.99. The highest BCUT2D eigenvalue weighted by Gasteiger charge is 2.31. The summed E-state index contributed by atoms with van der Waals surface area (Å²) < 4.78 is 43.6. The lowest BCUT2D eigenvalue weighted by atomic mass is 10.2. The van der Waals surface area contributed by atoms with E-state index in [4.69, 9.17) is 5.10 Å². The van der Waals surface area contributed by atoms with Crippen LogP contribution in [-0.4, -0.2) is 39.3 Å². The summed E-state index contributed by atoms with van der Waals surface area (Å²) in [6.07, 6.45) is -0.717. The third-order valence-corrected chi connectivity index (χ3v) is 6.13. The predicted molar refractivity (Wildman–Crippen MR) is 122 cm³/mol. The molecule has 3 aromatic rings. The molecule has 1 aromatic carbocycles. The van der Waals surface area contributed by atoms with Crippen LogP contribution in [0, 0.1) is 0 Å². The number of hydrogen-bond donors (Lipinski definition) is 2. The number of fused-ring (bicyclic) bond motifs is 1. The molecular formula is C21H25ClF3N5OS. The first kappa shape index (κ1) is 24.5. The van der Waals surface area contributed by atoms with E-state index in [2.05, 4.69) is 34.2 Å². The van der Waals surface area contributed by atoms with Gasteiger partial charge in [0.2, 0.25) is 0 Å². The van der Waals surface area contributed by atoms with Gasteiger partial charge in [-0.05, 0) is 43.5 Å². The minimum absolute atomic E-state index is 0. The number of nitrogens with one attached hydrogen (secondary N) is 2. The van der Waals surface area contributed by atoms with Gasteiger partial charge in [0.15, 0.2) is 5.65 Å². The van der Waals surface area contributed by atoms with E-state index in [0.717, 1.165) is 36.7 Å². The molecule has 2 N–H and O–H groups in total. The van der Waals surface area contributed by atoms with Crippen molar-refractivity contribution in [1.29, 1.82) is 0 Å². The lowest BCUT2D eigenvalue weighted by Crippen LogP contribution is -2.31. The first-order chi connectivity index (χ1) is 14.8. The lowest BCUT2D eigenvalue weighted by Gasteiger charge is -2.22. The topological polar surface area (TPSA) is 63.5 Å². The highest BCUT2D eigenvalue weighted by atomic mass is 35.5. The molecule has 0 amide bonds. The van der Waals surface area contributed by atoms with Crippen LogP contribution in [0.4, 0.5) is 24.5 Å². The van der Waals surface area contributed by atoms with Crippen LogP contribution in [0.25, 0.3) is 5.65 Å². The van der Waals surface area contributed by atoms with Gasteiger partial charge in [-0.2, -0.15) is 5.10 Å². The van der Waals surface area contributed by atoms with Crippen LogP contribution >= 0.6 is 24.2 Å². The number of nitrogens with zero attached hydrogens (tertiary/aromatic N) is 3. The first-order valence-corrected chi connectivity index (χ1v) is 11.1.